The van der Waals surface area contributed by atoms with Crippen molar-refractivity contribution in [2.24, 2.45) is 5.73 Å². The third-order valence-corrected chi connectivity index (χ3v) is 7.18. The number of nitrogens with two attached hydrogens (primary N) is 1. The fourth-order valence-corrected chi connectivity index (χ4v) is 4.52. The molecule has 12 heteroatoms. The zero-order chi connectivity index (χ0) is 27.7. The van der Waals surface area contributed by atoms with Gasteiger partial charge in [-0.25, -0.2) is 9.97 Å². The molecule has 0 bridgehead atoms. The summed E-state index contributed by atoms with van der Waals surface area (Å²) in [4.78, 5) is 40.2. The zero-order valence-corrected chi connectivity index (χ0v) is 23.8. The lowest BCUT2D eigenvalue weighted by molar-refractivity contribution is -0.142. The smallest absolute Gasteiger partial charge is 0.310 e. The van der Waals surface area contributed by atoms with E-state index in [0.29, 0.717) is 16.7 Å². The Kier molecular flexibility index (Phi) is 11.4. The minimum Gasteiger partial charge on any atom is -0.466 e. The van der Waals surface area contributed by atoms with E-state index in [1.807, 2.05) is 12.1 Å². The number of rotatable bonds is 7. The van der Waals surface area contributed by atoms with Gasteiger partial charge in [0.15, 0.2) is 0 Å². The second kappa shape index (κ2) is 14.5. The van der Waals surface area contributed by atoms with Crippen LogP contribution in [0.25, 0.3) is 0 Å². The number of esters is 1. The maximum Gasteiger partial charge on any atom is 0.310 e. The van der Waals surface area contributed by atoms with Gasteiger partial charge in [0.2, 0.25) is 5.91 Å². The van der Waals surface area contributed by atoms with Crippen LogP contribution in [-0.4, -0.2) is 105 Å². The molecule has 2 aliphatic heterocycles. The first-order valence-electron chi connectivity index (χ1n) is 12.8. The van der Waals surface area contributed by atoms with Crippen LogP contribution in [0.4, 0.5) is 11.6 Å². The molecule has 4 rings (SSSR count). The summed E-state index contributed by atoms with van der Waals surface area (Å²) in [6.45, 7) is 9.95. The van der Waals surface area contributed by atoms with Crippen molar-refractivity contribution in [3.63, 3.8) is 0 Å². The number of likely N-dealkylation sites (N-methyl/N-ethyl adjacent to an activating group) is 2. The zero-order valence-electron chi connectivity index (χ0n) is 22.3. The van der Waals surface area contributed by atoms with E-state index in [1.165, 1.54) is 0 Å². The molecule has 1 amide bonds. The molecule has 38 heavy (non-hydrogen) atoms. The number of amides is 1. The van der Waals surface area contributed by atoms with Crippen LogP contribution in [0, 0.1) is 0 Å². The van der Waals surface area contributed by atoms with Gasteiger partial charge in [-0.2, -0.15) is 0 Å². The Bertz CT molecular complexity index is 1090. The molecular weight excluding hydrogens is 529 g/mol. The second-order valence-corrected chi connectivity index (χ2v) is 10.3. The van der Waals surface area contributed by atoms with Crippen molar-refractivity contribution in [1.29, 1.82) is 0 Å². The summed E-state index contributed by atoms with van der Waals surface area (Å²) in [6.07, 6.45) is 3.55. The molecule has 0 spiro atoms. The van der Waals surface area contributed by atoms with Gasteiger partial charge < -0.3 is 30.1 Å². The van der Waals surface area contributed by atoms with Crippen molar-refractivity contribution in [2.45, 2.75) is 19.8 Å². The van der Waals surface area contributed by atoms with Gasteiger partial charge in [0.05, 0.1) is 29.5 Å². The summed E-state index contributed by atoms with van der Waals surface area (Å²) in [5.74, 6) is 1.10. The first-order chi connectivity index (χ1) is 18.2. The summed E-state index contributed by atoms with van der Waals surface area (Å²) >= 11 is 12.1. The number of piperazine rings is 2. The molecule has 4 heterocycles. The lowest BCUT2D eigenvalue weighted by Gasteiger charge is -2.33. The van der Waals surface area contributed by atoms with E-state index in [4.69, 9.17) is 33.7 Å². The van der Waals surface area contributed by atoms with E-state index in [0.717, 1.165) is 75.1 Å². The van der Waals surface area contributed by atoms with Crippen LogP contribution in [0.15, 0.2) is 24.5 Å². The van der Waals surface area contributed by atoms with Crippen LogP contribution in [0.1, 0.15) is 18.1 Å². The number of carbonyl (C=O) groups excluding carboxylic acids is 2. The van der Waals surface area contributed by atoms with E-state index >= 15 is 0 Å². The molecule has 2 saturated heterocycles. The Hall–Kier alpha value is -2.66. The predicted molar refractivity (Wildman–Crippen MR) is 151 cm³/mol. The van der Waals surface area contributed by atoms with E-state index in [9.17, 15) is 9.59 Å². The Morgan fingerprint density at radius 3 is 1.63 bits per heavy atom. The highest BCUT2D eigenvalue weighted by Gasteiger charge is 2.18. The van der Waals surface area contributed by atoms with Gasteiger partial charge >= 0.3 is 5.97 Å². The maximum atomic E-state index is 11.6. The molecule has 2 aromatic heterocycles. The predicted octanol–water partition coefficient (Wildman–Crippen LogP) is 2.11. The first kappa shape index (κ1) is 29.9. The molecule has 0 aliphatic carbocycles. The van der Waals surface area contributed by atoms with Crippen LogP contribution in [0.2, 0.25) is 10.0 Å². The molecule has 0 atom stereocenters. The highest BCUT2D eigenvalue weighted by Crippen LogP contribution is 2.23. The molecule has 0 radical (unpaired) electrons. The van der Waals surface area contributed by atoms with E-state index < -0.39 is 0 Å². The number of carbonyl (C=O) groups is 2. The maximum absolute atomic E-state index is 11.6. The van der Waals surface area contributed by atoms with Gasteiger partial charge in [0, 0.05) is 64.8 Å². The number of hydrogen-bond donors (Lipinski definition) is 1. The first-order valence-corrected chi connectivity index (χ1v) is 13.5. The number of halogens is 2. The number of hydrogen-bond acceptors (Lipinski definition) is 9. The number of ether oxygens (including phenoxy) is 1. The van der Waals surface area contributed by atoms with Gasteiger partial charge in [-0.05, 0) is 44.3 Å². The normalized spacial score (nSPS) is 16.6. The van der Waals surface area contributed by atoms with Gasteiger partial charge in [-0.1, -0.05) is 23.2 Å². The van der Waals surface area contributed by atoms with Crippen molar-refractivity contribution in [1.82, 2.24) is 19.8 Å². The van der Waals surface area contributed by atoms with Crippen LogP contribution in [0.5, 0.6) is 0 Å². The molecule has 208 valence electrons. The van der Waals surface area contributed by atoms with Crippen molar-refractivity contribution < 1.29 is 14.3 Å². The molecule has 0 saturated carbocycles. The highest BCUT2D eigenvalue weighted by molar-refractivity contribution is 6.31. The van der Waals surface area contributed by atoms with Crippen molar-refractivity contribution in [3.8, 4) is 0 Å². The largest absolute Gasteiger partial charge is 0.466 e. The highest BCUT2D eigenvalue weighted by atomic mass is 35.5. The SMILES string of the molecule is CCOC(=O)Cc1cc(N2CCN(C)CC2)ncc1Cl.CN1CCN(c2cc(CC(N)=O)c(Cl)cn2)CC1. The molecule has 0 unspecified atom stereocenters. The molecule has 10 nitrogen and oxygen atoms in total. The average Bonchev–Trinajstić information content (AvgIpc) is 2.88. The van der Waals surface area contributed by atoms with E-state index in [1.54, 1.807) is 19.3 Å². The molecule has 2 aromatic rings. The Morgan fingerprint density at radius 1 is 0.816 bits per heavy atom. The van der Waals surface area contributed by atoms with E-state index in [2.05, 4.69) is 43.7 Å². The number of aromatic nitrogens is 2. The van der Waals surface area contributed by atoms with Crippen molar-refractivity contribution in [3.05, 3.63) is 45.7 Å². The van der Waals surface area contributed by atoms with Gasteiger partial charge in [-0.15, -0.1) is 0 Å². The van der Waals surface area contributed by atoms with Gasteiger partial charge in [-0.3, -0.25) is 9.59 Å². The minimum absolute atomic E-state index is 0.155. The quantitative estimate of drug-likeness (QED) is 0.505. The molecule has 0 aromatic carbocycles. The summed E-state index contributed by atoms with van der Waals surface area (Å²) in [5, 5.41) is 1.00. The third-order valence-electron chi connectivity index (χ3n) is 6.50. The molecule has 2 N–H and O–H groups in total. The fourth-order valence-electron chi connectivity index (χ4n) is 4.18. The number of anilines is 2. The summed E-state index contributed by atoms with van der Waals surface area (Å²) < 4.78 is 4.96. The van der Waals surface area contributed by atoms with Crippen LogP contribution < -0.4 is 15.5 Å². The average molecular weight is 567 g/mol. The topological polar surface area (TPSA) is 108 Å². The lowest BCUT2D eigenvalue weighted by atomic mass is 10.2. The van der Waals surface area contributed by atoms with Crippen LogP contribution >= 0.6 is 23.2 Å². The Morgan fingerprint density at radius 2 is 1.24 bits per heavy atom. The minimum atomic E-state index is -0.382. The summed E-state index contributed by atoms with van der Waals surface area (Å²) in [5.41, 5.74) is 6.72. The van der Waals surface area contributed by atoms with Crippen LogP contribution in [-0.2, 0) is 27.2 Å². The standard InChI is InChI=1S/C14H20ClN3O2.C12H17ClN4O/c1-3-20-14(19)9-11-8-13(16-10-12(11)15)18-6-4-17(2)5-7-18;1-16-2-4-17(5-3-16)12-7-9(6-11(14)18)10(13)8-15-12/h8,10H,3-7,9H2,1-2H3;7-8H,2-6H2,1H3,(H2,14,18). The second-order valence-electron chi connectivity index (χ2n) is 9.47. The number of primary amides is 1. The fraction of sp³-hybridized carbons (Fsp3) is 0.538. The molecule has 2 fully saturated rings. The van der Waals surface area contributed by atoms with Crippen molar-refractivity contribution in [2.75, 3.05) is 82.9 Å². The lowest BCUT2D eigenvalue weighted by Crippen LogP contribution is -2.44. The van der Waals surface area contributed by atoms with E-state index in [-0.39, 0.29) is 24.7 Å². The third kappa shape index (κ3) is 8.97. The van der Waals surface area contributed by atoms with Gasteiger partial charge in [0.1, 0.15) is 11.6 Å². The number of nitrogens with zero attached hydrogens (tertiary/aromatic N) is 6. The number of pyridine rings is 2. The summed E-state index contributed by atoms with van der Waals surface area (Å²) in [7, 11) is 4.21. The molecular formula is C26H37Cl2N7O3. The monoisotopic (exact) mass is 565 g/mol. The summed E-state index contributed by atoms with van der Waals surface area (Å²) in [6, 6.07) is 3.75. The Balaban J connectivity index is 0.000000212. The Labute approximate surface area is 234 Å². The van der Waals surface area contributed by atoms with Crippen molar-refractivity contribution >= 4 is 46.7 Å². The van der Waals surface area contributed by atoms with Gasteiger partial charge in [0.25, 0.3) is 0 Å². The van der Waals surface area contributed by atoms with Crippen LogP contribution in [0.3, 0.4) is 0 Å². The molecule has 2 aliphatic rings.